The number of carbonyl (C=O) groups is 4. The van der Waals surface area contributed by atoms with Crippen molar-refractivity contribution in [1.82, 2.24) is 14.1 Å². The molecule has 1 fully saturated rings. The number of imide groups is 1. The van der Waals surface area contributed by atoms with E-state index in [9.17, 15) is 27.6 Å². The maximum atomic E-state index is 12.8. The first-order valence-corrected chi connectivity index (χ1v) is 13.6. The number of hydrogen-bond acceptors (Lipinski definition) is 7. The number of carbonyl (C=O) groups excluding carboxylic acids is 4. The third-order valence-electron chi connectivity index (χ3n) is 6.52. The molecule has 2 heterocycles. The molecule has 2 aliphatic heterocycles. The zero-order valence-electron chi connectivity index (χ0n) is 20.8. The summed E-state index contributed by atoms with van der Waals surface area (Å²) in [5.41, 5.74) is 1.41. The average Bonchev–Trinajstić information content (AvgIpc) is 3.14. The van der Waals surface area contributed by atoms with Crippen molar-refractivity contribution in [3.8, 4) is 0 Å². The fourth-order valence-electron chi connectivity index (χ4n) is 4.28. The van der Waals surface area contributed by atoms with Gasteiger partial charge in [-0.15, -0.1) is 0 Å². The molecule has 0 N–H and O–H groups in total. The summed E-state index contributed by atoms with van der Waals surface area (Å²) in [5.74, 6) is -2.06. The van der Waals surface area contributed by atoms with Crippen molar-refractivity contribution in [2.75, 3.05) is 39.3 Å². The van der Waals surface area contributed by atoms with Crippen LogP contribution in [0.4, 0.5) is 0 Å². The Morgan fingerprint density at radius 1 is 0.919 bits per heavy atom. The smallest absolute Gasteiger partial charge is 0.338 e. The summed E-state index contributed by atoms with van der Waals surface area (Å²) < 4.78 is 32.2. The number of sulfonamides is 1. The second-order valence-corrected chi connectivity index (χ2v) is 11.0. The van der Waals surface area contributed by atoms with Crippen LogP contribution in [0.5, 0.6) is 0 Å². The number of nitrogens with zero attached hydrogens (tertiary/aromatic N) is 3. The number of esters is 1. The van der Waals surface area contributed by atoms with E-state index in [2.05, 4.69) is 0 Å². The molecule has 0 radical (unpaired) electrons. The summed E-state index contributed by atoms with van der Waals surface area (Å²) in [6.45, 7) is 4.24. The Kier molecular flexibility index (Phi) is 7.74. The molecular weight excluding hydrogens is 498 g/mol. The lowest BCUT2D eigenvalue weighted by molar-refractivity contribution is -0.135. The van der Waals surface area contributed by atoms with E-state index in [4.69, 9.17) is 4.74 Å². The molecule has 37 heavy (non-hydrogen) atoms. The molecule has 0 aliphatic carbocycles. The molecule has 0 unspecified atom stereocenters. The molecule has 0 bridgehead atoms. The van der Waals surface area contributed by atoms with Crippen LogP contribution in [0.25, 0.3) is 0 Å². The number of amides is 3. The molecule has 2 aromatic carbocycles. The first-order chi connectivity index (χ1) is 17.6. The standard InChI is InChI=1S/C26H29N3O7S/c1-3-4-11-29-24(31)21-10-7-19(16-22(21)25(29)32)26(33)36-17-23(30)27-12-14-28(15-13-27)37(34,35)20-8-5-18(2)6-9-20/h5-10,16H,3-4,11-15,17H2,1-2H3. The largest absolute Gasteiger partial charge is 0.452 e. The van der Waals surface area contributed by atoms with Gasteiger partial charge in [0, 0.05) is 32.7 Å². The molecule has 196 valence electrons. The number of benzene rings is 2. The SMILES string of the molecule is CCCCN1C(=O)c2ccc(C(=O)OCC(=O)N3CCN(S(=O)(=O)c4ccc(C)cc4)CC3)cc2C1=O. The summed E-state index contributed by atoms with van der Waals surface area (Å²) in [7, 11) is -3.66. The fourth-order valence-corrected chi connectivity index (χ4v) is 5.70. The number of unbranched alkanes of at least 4 members (excludes halogenated alkanes) is 1. The highest BCUT2D eigenvalue weighted by molar-refractivity contribution is 7.89. The van der Waals surface area contributed by atoms with E-state index < -0.39 is 34.4 Å². The minimum atomic E-state index is -3.66. The van der Waals surface area contributed by atoms with Gasteiger partial charge in [0.2, 0.25) is 10.0 Å². The molecule has 4 rings (SSSR count). The third-order valence-corrected chi connectivity index (χ3v) is 8.43. The van der Waals surface area contributed by atoms with Crippen molar-refractivity contribution in [3.63, 3.8) is 0 Å². The van der Waals surface area contributed by atoms with Gasteiger partial charge in [0.1, 0.15) is 0 Å². The Hall–Kier alpha value is -3.57. The molecule has 0 saturated carbocycles. The van der Waals surface area contributed by atoms with Gasteiger partial charge in [0.15, 0.2) is 6.61 Å². The monoisotopic (exact) mass is 527 g/mol. The number of fused-ring (bicyclic) bond motifs is 1. The minimum Gasteiger partial charge on any atom is -0.452 e. The van der Waals surface area contributed by atoms with Crippen molar-refractivity contribution >= 4 is 33.7 Å². The maximum absolute atomic E-state index is 12.8. The summed E-state index contributed by atoms with van der Waals surface area (Å²) in [4.78, 5) is 53.0. The van der Waals surface area contributed by atoms with Crippen LogP contribution >= 0.6 is 0 Å². The highest BCUT2D eigenvalue weighted by atomic mass is 32.2. The molecule has 0 spiro atoms. The normalized spacial score (nSPS) is 16.2. The van der Waals surface area contributed by atoms with Crippen LogP contribution in [0.2, 0.25) is 0 Å². The lowest BCUT2D eigenvalue weighted by atomic mass is 10.1. The lowest BCUT2D eigenvalue weighted by Gasteiger charge is -2.33. The highest BCUT2D eigenvalue weighted by Crippen LogP contribution is 2.25. The topological polar surface area (TPSA) is 121 Å². The van der Waals surface area contributed by atoms with E-state index in [1.54, 1.807) is 24.3 Å². The van der Waals surface area contributed by atoms with E-state index in [-0.39, 0.29) is 53.7 Å². The van der Waals surface area contributed by atoms with Crippen LogP contribution < -0.4 is 0 Å². The molecular formula is C26H29N3O7S. The molecule has 10 nitrogen and oxygen atoms in total. The predicted molar refractivity (Wildman–Crippen MR) is 134 cm³/mol. The zero-order valence-corrected chi connectivity index (χ0v) is 21.6. The van der Waals surface area contributed by atoms with Gasteiger partial charge >= 0.3 is 5.97 Å². The first-order valence-electron chi connectivity index (χ1n) is 12.2. The van der Waals surface area contributed by atoms with Gasteiger partial charge in [-0.2, -0.15) is 4.31 Å². The second-order valence-electron chi connectivity index (χ2n) is 9.05. The van der Waals surface area contributed by atoms with Crippen molar-refractivity contribution in [2.24, 2.45) is 0 Å². The van der Waals surface area contributed by atoms with E-state index in [1.807, 2.05) is 13.8 Å². The molecule has 11 heteroatoms. The Morgan fingerprint density at radius 3 is 2.22 bits per heavy atom. The molecule has 1 saturated heterocycles. The molecule has 3 amide bonds. The van der Waals surface area contributed by atoms with E-state index in [1.165, 1.54) is 32.3 Å². The lowest BCUT2D eigenvalue weighted by Crippen LogP contribution is -2.51. The van der Waals surface area contributed by atoms with Crippen LogP contribution in [-0.4, -0.2) is 85.5 Å². The van der Waals surface area contributed by atoms with Gasteiger partial charge in [-0.3, -0.25) is 19.3 Å². The van der Waals surface area contributed by atoms with E-state index >= 15 is 0 Å². The van der Waals surface area contributed by atoms with Gasteiger partial charge in [-0.25, -0.2) is 13.2 Å². The highest BCUT2D eigenvalue weighted by Gasteiger charge is 2.36. The second kappa shape index (κ2) is 10.8. The van der Waals surface area contributed by atoms with Gasteiger partial charge in [-0.1, -0.05) is 31.0 Å². The summed E-state index contributed by atoms with van der Waals surface area (Å²) in [5, 5.41) is 0. The Morgan fingerprint density at radius 2 is 1.57 bits per heavy atom. The van der Waals surface area contributed by atoms with Crippen LogP contribution in [0.3, 0.4) is 0 Å². The van der Waals surface area contributed by atoms with Crippen LogP contribution in [0, 0.1) is 6.92 Å². The quantitative estimate of drug-likeness (QED) is 0.381. The number of piperazine rings is 1. The number of rotatable bonds is 8. The summed E-state index contributed by atoms with van der Waals surface area (Å²) in [6.07, 6.45) is 1.52. The van der Waals surface area contributed by atoms with Crippen molar-refractivity contribution in [2.45, 2.75) is 31.6 Å². The van der Waals surface area contributed by atoms with Crippen molar-refractivity contribution in [1.29, 1.82) is 0 Å². The van der Waals surface area contributed by atoms with Crippen LogP contribution in [-0.2, 0) is 19.6 Å². The number of ether oxygens (including phenoxy) is 1. The number of aryl methyl sites for hydroxylation is 1. The van der Waals surface area contributed by atoms with Crippen LogP contribution in [0.1, 0.15) is 56.4 Å². The summed E-state index contributed by atoms with van der Waals surface area (Å²) >= 11 is 0. The van der Waals surface area contributed by atoms with Crippen molar-refractivity contribution in [3.05, 3.63) is 64.7 Å². The Labute approximate surface area is 215 Å². The molecule has 0 atom stereocenters. The number of hydrogen-bond donors (Lipinski definition) is 0. The molecule has 2 aliphatic rings. The molecule has 2 aromatic rings. The van der Waals surface area contributed by atoms with E-state index in [0.717, 1.165) is 12.0 Å². The molecule has 0 aromatic heterocycles. The van der Waals surface area contributed by atoms with Gasteiger partial charge < -0.3 is 9.64 Å². The maximum Gasteiger partial charge on any atom is 0.338 e. The van der Waals surface area contributed by atoms with Crippen molar-refractivity contribution < 1.29 is 32.3 Å². The first kappa shape index (κ1) is 26.5. The average molecular weight is 528 g/mol. The third kappa shape index (κ3) is 5.42. The van der Waals surface area contributed by atoms with Gasteiger partial charge in [0.25, 0.3) is 17.7 Å². The van der Waals surface area contributed by atoms with Gasteiger partial charge in [0.05, 0.1) is 21.6 Å². The Balaban J connectivity index is 1.31. The summed E-state index contributed by atoms with van der Waals surface area (Å²) in [6, 6.07) is 10.7. The zero-order chi connectivity index (χ0) is 26.7. The van der Waals surface area contributed by atoms with E-state index in [0.29, 0.717) is 13.0 Å². The fraction of sp³-hybridized carbons (Fsp3) is 0.385. The Bertz CT molecular complexity index is 1330. The predicted octanol–water partition coefficient (Wildman–Crippen LogP) is 2.08. The van der Waals surface area contributed by atoms with Crippen LogP contribution in [0.15, 0.2) is 47.4 Å². The van der Waals surface area contributed by atoms with Gasteiger partial charge in [-0.05, 0) is 43.7 Å². The minimum absolute atomic E-state index is 0.0686.